The van der Waals surface area contributed by atoms with Gasteiger partial charge < -0.3 is 0 Å². The van der Waals surface area contributed by atoms with Gasteiger partial charge in [0.15, 0.2) is 0 Å². The normalized spacial score (nSPS) is 39.6. The molecule has 0 spiro atoms. The van der Waals surface area contributed by atoms with Crippen LogP contribution < -0.4 is 0 Å². The molecule has 0 aromatic carbocycles. The van der Waals surface area contributed by atoms with Crippen molar-refractivity contribution in [1.82, 2.24) is 0 Å². The van der Waals surface area contributed by atoms with Crippen LogP contribution in [0.2, 0.25) is 0 Å². The van der Waals surface area contributed by atoms with Gasteiger partial charge in [-0.3, -0.25) is 0 Å². The minimum Gasteiger partial charge on any atom is -0.207 e. The monoisotopic (exact) mass is 148 g/mol. The summed E-state index contributed by atoms with van der Waals surface area (Å²) in [5.74, 6) is -2.58. The van der Waals surface area contributed by atoms with Gasteiger partial charge in [-0.2, -0.15) is 0 Å². The summed E-state index contributed by atoms with van der Waals surface area (Å²) in [5.41, 5.74) is 0. The zero-order valence-electron chi connectivity index (χ0n) is 6.53. The maximum absolute atomic E-state index is 12.8. The van der Waals surface area contributed by atoms with Crippen LogP contribution in [0.3, 0.4) is 0 Å². The molecule has 0 aromatic heterocycles. The van der Waals surface area contributed by atoms with Gasteiger partial charge in [0, 0.05) is 12.3 Å². The Morgan fingerprint density at radius 2 is 1.80 bits per heavy atom. The number of alkyl halides is 2. The zero-order chi connectivity index (χ0) is 7.78. The second-order valence-corrected chi connectivity index (χ2v) is 3.55. The van der Waals surface area contributed by atoms with E-state index < -0.39 is 11.8 Å². The fourth-order valence-electron chi connectivity index (χ4n) is 1.51. The van der Waals surface area contributed by atoms with Crippen molar-refractivity contribution < 1.29 is 8.78 Å². The van der Waals surface area contributed by atoms with Crippen LogP contribution in [0.5, 0.6) is 0 Å². The molecular weight excluding hydrogens is 134 g/mol. The van der Waals surface area contributed by atoms with Crippen molar-refractivity contribution >= 4 is 0 Å². The van der Waals surface area contributed by atoms with Crippen molar-refractivity contribution in [1.29, 1.82) is 0 Å². The highest BCUT2D eigenvalue weighted by Gasteiger charge is 2.40. The summed E-state index contributed by atoms with van der Waals surface area (Å²) >= 11 is 0. The van der Waals surface area contributed by atoms with Gasteiger partial charge in [0.2, 0.25) is 0 Å². The topological polar surface area (TPSA) is 0 Å². The SMILES string of the molecule is C[C@@H]1CC[C@@H](C)C(F)(F)C1. The van der Waals surface area contributed by atoms with Crippen LogP contribution in [0.4, 0.5) is 8.78 Å². The first kappa shape index (κ1) is 7.96. The molecule has 0 unspecified atom stereocenters. The van der Waals surface area contributed by atoms with Crippen molar-refractivity contribution in [2.75, 3.05) is 0 Å². The average Bonchev–Trinajstić information content (AvgIpc) is 1.78. The van der Waals surface area contributed by atoms with Gasteiger partial charge in [-0.25, -0.2) is 8.78 Å². The van der Waals surface area contributed by atoms with E-state index in [0.29, 0.717) is 6.42 Å². The summed E-state index contributed by atoms with van der Waals surface area (Å²) in [4.78, 5) is 0. The summed E-state index contributed by atoms with van der Waals surface area (Å²) in [6.07, 6.45) is 1.75. The van der Waals surface area contributed by atoms with E-state index in [1.807, 2.05) is 6.92 Å². The van der Waals surface area contributed by atoms with Crippen LogP contribution in [-0.4, -0.2) is 5.92 Å². The third kappa shape index (κ3) is 1.47. The van der Waals surface area contributed by atoms with Crippen LogP contribution in [0.1, 0.15) is 33.1 Å². The summed E-state index contributed by atoms with van der Waals surface area (Å²) in [6.45, 7) is 3.55. The lowest BCUT2D eigenvalue weighted by atomic mass is 9.81. The largest absolute Gasteiger partial charge is 0.250 e. The average molecular weight is 148 g/mol. The van der Waals surface area contributed by atoms with E-state index in [2.05, 4.69) is 0 Å². The van der Waals surface area contributed by atoms with E-state index in [0.717, 1.165) is 6.42 Å². The molecule has 1 fully saturated rings. The molecule has 1 aliphatic rings. The number of halogens is 2. The summed E-state index contributed by atoms with van der Waals surface area (Å²) in [5, 5.41) is 0. The predicted octanol–water partition coefficient (Wildman–Crippen LogP) is 3.08. The Balaban J connectivity index is 2.55. The van der Waals surface area contributed by atoms with Crippen LogP contribution in [0.15, 0.2) is 0 Å². The minimum absolute atomic E-state index is 0.0914. The molecule has 1 aliphatic carbocycles. The van der Waals surface area contributed by atoms with E-state index in [1.165, 1.54) is 0 Å². The second-order valence-electron chi connectivity index (χ2n) is 3.55. The van der Waals surface area contributed by atoms with Crippen molar-refractivity contribution in [3.05, 3.63) is 0 Å². The molecule has 0 bridgehead atoms. The first-order chi connectivity index (χ1) is 4.52. The van der Waals surface area contributed by atoms with E-state index in [1.54, 1.807) is 6.92 Å². The lowest BCUT2D eigenvalue weighted by Crippen LogP contribution is -2.32. The zero-order valence-corrected chi connectivity index (χ0v) is 6.53. The van der Waals surface area contributed by atoms with Gasteiger partial charge in [-0.15, -0.1) is 0 Å². The number of hydrogen-bond acceptors (Lipinski definition) is 0. The van der Waals surface area contributed by atoms with E-state index in [4.69, 9.17) is 0 Å². The van der Waals surface area contributed by atoms with Gasteiger partial charge in [0.1, 0.15) is 0 Å². The third-order valence-electron chi connectivity index (χ3n) is 2.43. The highest BCUT2D eigenvalue weighted by molar-refractivity contribution is 4.81. The molecule has 0 nitrogen and oxygen atoms in total. The Kier molecular flexibility index (Phi) is 1.97. The lowest BCUT2D eigenvalue weighted by molar-refractivity contribution is -0.0927. The molecule has 0 heterocycles. The van der Waals surface area contributed by atoms with Crippen LogP contribution >= 0.6 is 0 Å². The Bertz CT molecular complexity index is 120. The van der Waals surface area contributed by atoms with Crippen LogP contribution in [-0.2, 0) is 0 Å². The van der Waals surface area contributed by atoms with Gasteiger partial charge in [0.25, 0.3) is 5.92 Å². The van der Waals surface area contributed by atoms with E-state index in [9.17, 15) is 8.78 Å². The van der Waals surface area contributed by atoms with Gasteiger partial charge in [-0.1, -0.05) is 20.3 Å². The predicted molar refractivity (Wildman–Crippen MR) is 37.1 cm³/mol. The highest BCUT2D eigenvalue weighted by Crippen LogP contribution is 2.40. The Labute approximate surface area is 60.6 Å². The molecule has 0 aliphatic heterocycles. The second kappa shape index (κ2) is 2.48. The molecule has 2 atom stereocenters. The summed E-state index contributed by atoms with van der Waals surface area (Å²) in [6, 6.07) is 0. The Morgan fingerprint density at radius 3 is 2.20 bits per heavy atom. The van der Waals surface area contributed by atoms with Gasteiger partial charge in [-0.05, 0) is 12.3 Å². The Hall–Kier alpha value is -0.140. The minimum atomic E-state index is -2.39. The molecule has 10 heavy (non-hydrogen) atoms. The third-order valence-corrected chi connectivity index (χ3v) is 2.43. The van der Waals surface area contributed by atoms with Gasteiger partial charge in [0.05, 0.1) is 0 Å². The van der Waals surface area contributed by atoms with Crippen molar-refractivity contribution in [2.45, 2.75) is 39.0 Å². The summed E-state index contributed by atoms with van der Waals surface area (Å²) in [7, 11) is 0. The fraction of sp³-hybridized carbons (Fsp3) is 1.00. The van der Waals surface area contributed by atoms with Crippen LogP contribution in [0, 0.1) is 11.8 Å². The van der Waals surface area contributed by atoms with E-state index >= 15 is 0 Å². The smallest absolute Gasteiger partial charge is 0.207 e. The molecule has 0 saturated heterocycles. The molecule has 60 valence electrons. The standard InChI is InChI=1S/C8H14F2/c1-6-3-4-7(2)8(9,10)5-6/h6-7H,3-5H2,1-2H3/t6-,7-/m1/s1. The Morgan fingerprint density at radius 1 is 1.20 bits per heavy atom. The first-order valence-corrected chi connectivity index (χ1v) is 3.90. The van der Waals surface area contributed by atoms with Crippen LogP contribution in [0.25, 0.3) is 0 Å². The van der Waals surface area contributed by atoms with Crippen molar-refractivity contribution in [3.8, 4) is 0 Å². The van der Waals surface area contributed by atoms with Crippen molar-refractivity contribution in [2.24, 2.45) is 11.8 Å². The molecule has 1 saturated carbocycles. The molecule has 0 radical (unpaired) electrons. The molecule has 2 heteroatoms. The first-order valence-electron chi connectivity index (χ1n) is 3.90. The highest BCUT2D eigenvalue weighted by atomic mass is 19.3. The molecular formula is C8H14F2. The molecule has 1 rings (SSSR count). The quantitative estimate of drug-likeness (QED) is 0.495. The maximum Gasteiger partial charge on any atom is 0.250 e. The number of hydrogen-bond donors (Lipinski definition) is 0. The molecule has 0 N–H and O–H groups in total. The number of rotatable bonds is 0. The lowest BCUT2D eigenvalue weighted by Gasteiger charge is -2.32. The maximum atomic E-state index is 12.8. The van der Waals surface area contributed by atoms with E-state index in [-0.39, 0.29) is 12.3 Å². The molecule has 0 aromatic rings. The summed E-state index contributed by atoms with van der Waals surface area (Å²) < 4.78 is 25.7. The fourth-order valence-corrected chi connectivity index (χ4v) is 1.51. The molecule has 0 amide bonds. The van der Waals surface area contributed by atoms with Gasteiger partial charge >= 0.3 is 0 Å². The van der Waals surface area contributed by atoms with Crippen molar-refractivity contribution in [3.63, 3.8) is 0 Å².